The van der Waals surface area contributed by atoms with E-state index in [0.717, 1.165) is 41.7 Å². The maximum Gasteiger partial charge on any atom is 0.231 e. The predicted molar refractivity (Wildman–Crippen MR) is 86.4 cm³/mol. The number of aryl methyl sites for hydroxylation is 1. The zero-order chi connectivity index (χ0) is 16.4. The molecule has 2 unspecified atom stereocenters. The maximum absolute atomic E-state index is 14.1. The summed E-state index contributed by atoms with van der Waals surface area (Å²) in [6, 6.07) is 5.61. The van der Waals surface area contributed by atoms with Crippen molar-refractivity contribution in [1.29, 1.82) is 0 Å². The molecule has 122 valence electrons. The Labute approximate surface area is 135 Å². The minimum Gasteiger partial charge on any atom is -0.497 e. The van der Waals surface area contributed by atoms with E-state index >= 15 is 0 Å². The van der Waals surface area contributed by atoms with Crippen molar-refractivity contribution in [3.63, 3.8) is 0 Å². The van der Waals surface area contributed by atoms with E-state index in [4.69, 9.17) is 9.47 Å². The number of fused-ring (bicyclic) bond motifs is 1. The summed E-state index contributed by atoms with van der Waals surface area (Å²) in [5, 5.41) is 0. The third-order valence-corrected chi connectivity index (χ3v) is 4.72. The lowest BCUT2D eigenvalue weighted by atomic mass is 9.85. The first-order valence-corrected chi connectivity index (χ1v) is 7.91. The molecule has 0 heterocycles. The van der Waals surface area contributed by atoms with Gasteiger partial charge in [-0.1, -0.05) is 12.2 Å². The molecular formula is C19H21FO3. The second-order valence-electron chi connectivity index (χ2n) is 6.06. The minimum absolute atomic E-state index is 0.111. The largest absolute Gasteiger partial charge is 0.497 e. The quantitative estimate of drug-likeness (QED) is 0.790. The molecule has 0 aliphatic heterocycles. The van der Waals surface area contributed by atoms with Gasteiger partial charge >= 0.3 is 0 Å². The minimum atomic E-state index is -1.75. The highest BCUT2D eigenvalue weighted by Gasteiger charge is 2.32. The number of carbonyl (C=O) groups is 1. The maximum atomic E-state index is 14.1. The number of carbonyl (C=O) groups excluding carboxylic acids is 1. The number of benzene rings is 1. The van der Waals surface area contributed by atoms with Crippen LogP contribution < -0.4 is 4.74 Å². The number of hydrogen-bond donors (Lipinski definition) is 0. The molecule has 3 rings (SSSR count). The van der Waals surface area contributed by atoms with E-state index in [1.54, 1.807) is 19.3 Å². The van der Waals surface area contributed by atoms with Crippen molar-refractivity contribution in [3.05, 3.63) is 53.1 Å². The molecule has 0 N–H and O–H groups in total. The van der Waals surface area contributed by atoms with Crippen molar-refractivity contribution in [2.45, 2.75) is 31.5 Å². The van der Waals surface area contributed by atoms with Crippen molar-refractivity contribution >= 4 is 5.78 Å². The molecule has 23 heavy (non-hydrogen) atoms. The van der Waals surface area contributed by atoms with Crippen molar-refractivity contribution in [2.75, 3.05) is 14.2 Å². The fourth-order valence-corrected chi connectivity index (χ4v) is 3.30. The molecular weight excluding hydrogens is 295 g/mol. The van der Waals surface area contributed by atoms with Gasteiger partial charge in [-0.05, 0) is 54.7 Å². The molecule has 0 bridgehead atoms. The first-order valence-electron chi connectivity index (χ1n) is 7.91. The number of methoxy groups -OCH3 is 2. The number of alkyl halides is 1. The average molecular weight is 316 g/mol. The fourth-order valence-electron chi connectivity index (χ4n) is 3.30. The number of rotatable bonds is 3. The highest BCUT2D eigenvalue weighted by atomic mass is 19.2. The van der Waals surface area contributed by atoms with Crippen LogP contribution in [-0.4, -0.2) is 25.9 Å². The third-order valence-electron chi connectivity index (χ3n) is 4.72. The Morgan fingerprint density at radius 3 is 2.78 bits per heavy atom. The van der Waals surface area contributed by atoms with Crippen LogP contribution >= 0.6 is 0 Å². The van der Waals surface area contributed by atoms with Gasteiger partial charge in [-0.2, -0.15) is 0 Å². The predicted octanol–water partition coefficient (Wildman–Crippen LogP) is 4.03. The van der Waals surface area contributed by atoms with Gasteiger partial charge in [0.2, 0.25) is 5.85 Å². The van der Waals surface area contributed by atoms with Gasteiger partial charge in [0.25, 0.3) is 0 Å². The summed E-state index contributed by atoms with van der Waals surface area (Å²) >= 11 is 0. The summed E-state index contributed by atoms with van der Waals surface area (Å²) in [5.41, 5.74) is 2.68. The summed E-state index contributed by atoms with van der Waals surface area (Å²) in [6.45, 7) is 0. The van der Waals surface area contributed by atoms with Crippen LogP contribution in [0, 0.1) is 5.92 Å². The average Bonchev–Trinajstić information content (AvgIpc) is 2.74. The van der Waals surface area contributed by atoms with Gasteiger partial charge < -0.3 is 9.47 Å². The number of hydrogen-bond acceptors (Lipinski definition) is 3. The molecule has 0 radical (unpaired) electrons. The Kier molecular flexibility index (Phi) is 4.35. The number of ketones is 1. The lowest BCUT2D eigenvalue weighted by molar-refractivity contribution is -0.0771. The first-order chi connectivity index (χ1) is 11.1. The summed E-state index contributed by atoms with van der Waals surface area (Å²) in [6.07, 6.45) is 7.61. The number of halogens is 1. The topological polar surface area (TPSA) is 35.5 Å². The van der Waals surface area contributed by atoms with Gasteiger partial charge in [0, 0.05) is 25.0 Å². The van der Waals surface area contributed by atoms with Gasteiger partial charge in [0.15, 0.2) is 5.78 Å². The van der Waals surface area contributed by atoms with E-state index in [-0.39, 0.29) is 18.1 Å². The monoisotopic (exact) mass is 316 g/mol. The Bertz CT molecular complexity index is 677. The van der Waals surface area contributed by atoms with E-state index in [0.29, 0.717) is 0 Å². The van der Waals surface area contributed by atoms with E-state index in [2.05, 4.69) is 0 Å². The number of ether oxygens (including phenoxy) is 2. The molecule has 1 aromatic carbocycles. The van der Waals surface area contributed by atoms with Crippen molar-refractivity contribution < 1.29 is 18.7 Å². The van der Waals surface area contributed by atoms with Crippen LogP contribution in [0.2, 0.25) is 0 Å². The molecule has 2 aliphatic carbocycles. The van der Waals surface area contributed by atoms with Gasteiger partial charge in [0.1, 0.15) is 5.75 Å². The van der Waals surface area contributed by atoms with Crippen LogP contribution in [0.1, 0.15) is 35.2 Å². The molecule has 0 saturated carbocycles. The molecule has 2 aliphatic rings. The van der Waals surface area contributed by atoms with Crippen LogP contribution in [0.3, 0.4) is 0 Å². The summed E-state index contributed by atoms with van der Waals surface area (Å²) in [7, 11) is 2.98. The Morgan fingerprint density at radius 2 is 2.13 bits per heavy atom. The van der Waals surface area contributed by atoms with E-state index in [1.807, 2.05) is 18.2 Å². The zero-order valence-electron chi connectivity index (χ0n) is 13.5. The smallest absolute Gasteiger partial charge is 0.231 e. The van der Waals surface area contributed by atoms with E-state index in [1.165, 1.54) is 13.2 Å². The van der Waals surface area contributed by atoms with Crippen LogP contribution in [-0.2, 0) is 11.2 Å². The van der Waals surface area contributed by atoms with Crippen molar-refractivity contribution in [1.82, 2.24) is 0 Å². The molecule has 3 nitrogen and oxygen atoms in total. The number of Topliss-reactive ketones (excluding diaryl/α,β-unsaturated/α-hetero) is 1. The third kappa shape index (κ3) is 3.08. The second kappa shape index (κ2) is 6.28. The SMILES string of the molecule is COc1ccc2c(c1)CCCC(C1=CCC(F)(OC)C=C1)C2=O. The van der Waals surface area contributed by atoms with Gasteiger partial charge in [0.05, 0.1) is 7.11 Å². The van der Waals surface area contributed by atoms with Crippen LogP contribution in [0.25, 0.3) is 0 Å². The molecule has 0 amide bonds. The molecule has 4 heteroatoms. The van der Waals surface area contributed by atoms with Gasteiger partial charge in [-0.3, -0.25) is 4.79 Å². The molecule has 0 saturated heterocycles. The lowest BCUT2D eigenvalue weighted by Gasteiger charge is -2.25. The number of allylic oxidation sites excluding steroid dienone is 2. The normalized spacial score (nSPS) is 27.2. The van der Waals surface area contributed by atoms with Crippen molar-refractivity contribution in [2.24, 2.45) is 5.92 Å². The lowest BCUT2D eigenvalue weighted by Crippen LogP contribution is -2.25. The zero-order valence-corrected chi connectivity index (χ0v) is 13.5. The Morgan fingerprint density at radius 1 is 1.30 bits per heavy atom. The van der Waals surface area contributed by atoms with Crippen LogP contribution in [0.15, 0.2) is 42.0 Å². The summed E-state index contributed by atoms with van der Waals surface area (Å²) in [5.74, 6) is -1.07. The van der Waals surface area contributed by atoms with E-state index in [9.17, 15) is 9.18 Å². The Balaban J connectivity index is 1.88. The van der Waals surface area contributed by atoms with E-state index < -0.39 is 5.85 Å². The molecule has 0 aromatic heterocycles. The van der Waals surface area contributed by atoms with Crippen LogP contribution in [0.4, 0.5) is 4.39 Å². The molecule has 0 fully saturated rings. The molecule has 1 aromatic rings. The van der Waals surface area contributed by atoms with Gasteiger partial charge in [-0.15, -0.1) is 0 Å². The van der Waals surface area contributed by atoms with Crippen molar-refractivity contribution in [3.8, 4) is 5.75 Å². The first kappa shape index (κ1) is 15.9. The highest BCUT2D eigenvalue weighted by molar-refractivity contribution is 6.01. The van der Waals surface area contributed by atoms with Gasteiger partial charge in [-0.25, -0.2) is 4.39 Å². The summed E-state index contributed by atoms with van der Waals surface area (Å²) in [4.78, 5) is 12.9. The Hall–Kier alpha value is -1.94. The second-order valence-corrected chi connectivity index (χ2v) is 6.06. The highest BCUT2D eigenvalue weighted by Crippen LogP contribution is 2.35. The molecule has 0 spiro atoms. The standard InChI is InChI=1S/C19H21FO3/c1-22-15-6-7-17-14(12-15)4-3-5-16(18(17)21)13-8-10-19(20,23-2)11-9-13/h6-10,12,16H,3-5,11H2,1-2H3. The molecule has 2 atom stereocenters. The van der Waals surface area contributed by atoms with Crippen LogP contribution in [0.5, 0.6) is 5.75 Å². The fraction of sp³-hybridized carbons (Fsp3) is 0.421. The summed E-state index contributed by atoms with van der Waals surface area (Å²) < 4.78 is 24.2.